The van der Waals surface area contributed by atoms with Crippen LogP contribution in [0.25, 0.3) is 11.0 Å². The van der Waals surface area contributed by atoms with Crippen molar-refractivity contribution in [2.24, 2.45) is 5.84 Å². The Morgan fingerprint density at radius 1 is 1.35 bits per heavy atom. The van der Waals surface area contributed by atoms with Gasteiger partial charge in [0.05, 0.1) is 0 Å². The molecule has 0 radical (unpaired) electrons. The van der Waals surface area contributed by atoms with Gasteiger partial charge in [-0.05, 0) is 32.9 Å². The maximum absolute atomic E-state index is 11.1. The maximum Gasteiger partial charge on any atom is 0.300 e. The van der Waals surface area contributed by atoms with Crippen LogP contribution in [0.15, 0.2) is 34.7 Å². The predicted octanol–water partition coefficient (Wildman–Crippen LogP) is 1.99. The summed E-state index contributed by atoms with van der Waals surface area (Å²) < 4.78 is 9.78. The molecular weight excluding hydrogens is 260 g/mol. The highest BCUT2D eigenvalue weighted by Gasteiger charge is 2.09. The van der Waals surface area contributed by atoms with Gasteiger partial charge in [0.1, 0.15) is 11.2 Å². The molecule has 0 bridgehead atoms. The van der Waals surface area contributed by atoms with Crippen LogP contribution in [0.2, 0.25) is 0 Å². The van der Waals surface area contributed by atoms with E-state index in [1.54, 1.807) is 12.1 Å². The lowest BCUT2D eigenvalue weighted by Crippen LogP contribution is -2.29. The molecule has 0 saturated heterocycles. The lowest BCUT2D eigenvalue weighted by molar-refractivity contribution is -0.138. The smallest absolute Gasteiger partial charge is 0.300 e. The normalized spacial score (nSPS) is 10.4. The van der Waals surface area contributed by atoms with Crippen molar-refractivity contribution in [1.29, 1.82) is 0 Å². The number of rotatable bonds is 2. The number of ether oxygens (including phenoxy) is 1. The summed E-state index contributed by atoms with van der Waals surface area (Å²) in [6, 6.07) is 9.03. The Morgan fingerprint density at radius 2 is 2.00 bits per heavy atom. The van der Waals surface area contributed by atoms with Crippen LogP contribution >= 0.6 is 0 Å². The highest BCUT2D eigenvalue weighted by atomic mass is 16.5. The standard InChI is InChI=1S/C9H8N2O2.C5H10O2/c10-11-9(12)8-5-6-3-1-2-4-7(6)13-8;1-5(2,3)7-4-6/h1-5H,10H2,(H,11,12);4H,1-3H3. The molecule has 20 heavy (non-hydrogen) atoms. The SMILES string of the molecule is CC(C)(C)OC=O.NNC(=O)c1cc2ccccc2o1. The van der Waals surface area contributed by atoms with Gasteiger partial charge < -0.3 is 9.15 Å². The molecule has 1 heterocycles. The molecule has 0 spiro atoms. The summed E-state index contributed by atoms with van der Waals surface area (Å²) >= 11 is 0. The third kappa shape index (κ3) is 4.74. The zero-order chi connectivity index (χ0) is 15.2. The first-order chi connectivity index (χ1) is 9.37. The maximum atomic E-state index is 11.1. The minimum Gasteiger partial charge on any atom is -0.462 e. The predicted molar refractivity (Wildman–Crippen MR) is 74.8 cm³/mol. The first kappa shape index (κ1) is 15.7. The van der Waals surface area contributed by atoms with Crippen LogP contribution in [-0.2, 0) is 9.53 Å². The van der Waals surface area contributed by atoms with E-state index in [-0.39, 0.29) is 11.4 Å². The van der Waals surface area contributed by atoms with E-state index in [9.17, 15) is 9.59 Å². The topological polar surface area (TPSA) is 94.6 Å². The molecule has 0 saturated carbocycles. The van der Waals surface area contributed by atoms with Crippen molar-refractivity contribution in [1.82, 2.24) is 5.43 Å². The molecule has 6 heteroatoms. The summed E-state index contributed by atoms with van der Waals surface area (Å²) in [7, 11) is 0. The first-order valence-electron chi connectivity index (χ1n) is 5.98. The number of nitrogens with one attached hydrogen (secondary N) is 1. The van der Waals surface area contributed by atoms with Gasteiger partial charge >= 0.3 is 5.91 Å². The summed E-state index contributed by atoms with van der Waals surface area (Å²) in [5, 5.41) is 0.890. The molecule has 0 aliphatic carbocycles. The second kappa shape index (κ2) is 6.72. The van der Waals surface area contributed by atoms with Gasteiger partial charge in [0.2, 0.25) is 0 Å². The van der Waals surface area contributed by atoms with Gasteiger partial charge in [-0.1, -0.05) is 18.2 Å². The number of furan rings is 1. The number of amides is 1. The van der Waals surface area contributed by atoms with Gasteiger partial charge in [0.25, 0.3) is 6.47 Å². The number of hydrogen-bond acceptors (Lipinski definition) is 5. The number of fused-ring (bicyclic) bond motifs is 1. The van der Waals surface area contributed by atoms with E-state index < -0.39 is 5.91 Å². The molecule has 6 nitrogen and oxygen atoms in total. The van der Waals surface area contributed by atoms with E-state index >= 15 is 0 Å². The monoisotopic (exact) mass is 278 g/mol. The number of para-hydroxylation sites is 1. The Hall–Kier alpha value is -2.34. The highest BCUT2D eigenvalue weighted by Crippen LogP contribution is 2.18. The zero-order valence-electron chi connectivity index (χ0n) is 11.7. The Labute approximate surface area is 116 Å². The number of nitrogen functional groups attached to an aromatic ring is 1. The third-order valence-electron chi connectivity index (χ3n) is 2.18. The molecule has 1 aromatic heterocycles. The van der Waals surface area contributed by atoms with Crippen molar-refractivity contribution in [3.05, 3.63) is 36.1 Å². The number of carbonyl (C=O) groups is 2. The summed E-state index contributed by atoms with van der Waals surface area (Å²) in [6.45, 7) is 5.92. The molecular formula is C14H18N2O4. The van der Waals surface area contributed by atoms with E-state index in [0.717, 1.165) is 5.39 Å². The van der Waals surface area contributed by atoms with Gasteiger partial charge in [0.15, 0.2) is 5.76 Å². The molecule has 3 N–H and O–H groups in total. The highest BCUT2D eigenvalue weighted by molar-refractivity contribution is 5.95. The molecule has 0 fully saturated rings. The molecule has 0 atom stereocenters. The first-order valence-corrected chi connectivity index (χ1v) is 5.98. The van der Waals surface area contributed by atoms with Crippen LogP contribution in [0.3, 0.4) is 0 Å². The second-order valence-electron chi connectivity index (χ2n) is 4.95. The van der Waals surface area contributed by atoms with E-state index in [0.29, 0.717) is 12.1 Å². The Bertz CT molecular complexity index is 551. The van der Waals surface area contributed by atoms with Crippen LogP contribution in [0.4, 0.5) is 0 Å². The largest absolute Gasteiger partial charge is 0.462 e. The van der Waals surface area contributed by atoms with Crippen molar-refractivity contribution >= 4 is 23.3 Å². The van der Waals surface area contributed by atoms with Crippen molar-refractivity contribution in [3.8, 4) is 0 Å². The zero-order valence-corrected chi connectivity index (χ0v) is 11.7. The van der Waals surface area contributed by atoms with Gasteiger partial charge in [-0.15, -0.1) is 0 Å². The molecule has 108 valence electrons. The van der Waals surface area contributed by atoms with Crippen molar-refractivity contribution in [2.75, 3.05) is 0 Å². The Kier molecular flexibility index (Phi) is 5.28. The summed E-state index contributed by atoms with van der Waals surface area (Å²) in [5.74, 6) is 4.77. The molecule has 1 amide bonds. The van der Waals surface area contributed by atoms with Gasteiger partial charge in [-0.25, -0.2) is 5.84 Å². The number of hydrogen-bond donors (Lipinski definition) is 2. The average molecular weight is 278 g/mol. The van der Waals surface area contributed by atoms with Crippen molar-refractivity contribution in [3.63, 3.8) is 0 Å². The van der Waals surface area contributed by atoms with Crippen LogP contribution < -0.4 is 11.3 Å². The quantitative estimate of drug-likeness (QED) is 0.379. The summed E-state index contributed by atoms with van der Waals surface area (Å²) in [5.41, 5.74) is 2.37. The minimum absolute atomic E-state index is 0.226. The fraction of sp³-hybridized carbons (Fsp3) is 0.286. The fourth-order valence-electron chi connectivity index (χ4n) is 1.31. The second-order valence-corrected chi connectivity index (χ2v) is 4.95. The third-order valence-corrected chi connectivity index (χ3v) is 2.18. The van der Waals surface area contributed by atoms with Gasteiger partial charge in [-0.3, -0.25) is 15.0 Å². The summed E-state index contributed by atoms with van der Waals surface area (Å²) in [6.07, 6.45) is 0. The van der Waals surface area contributed by atoms with Crippen LogP contribution in [-0.4, -0.2) is 18.0 Å². The molecule has 0 aliphatic heterocycles. The Morgan fingerprint density at radius 3 is 2.45 bits per heavy atom. The fourth-order valence-corrected chi connectivity index (χ4v) is 1.31. The van der Waals surface area contributed by atoms with E-state index in [4.69, 9.17) is 10.3 Å². The molecule has 1 aromatic carbocycles. The number of carbonyl (C=O) groups excluding carboxylic acids is 2. The lowest BCUT2D eigenvalue weighted by Gasteiger charge is -2.14. The number of hydrazine groups is 1. The van der Waals surface area contributed by atoms with E-state index in [1.807, 2.05) is 44.4 Å². The van der Waals surface area contributed by atoms with E-state index in [1.165, 1.54) is 0 Å². The van der Waals surface area contributed by atoms with Gasteiger partial charge in [-0.2, -0.15) is 0 Å². The van der Waals surface area contributed by atoms with Gasteiger partial charge in [0, 0.05) is 5.39 Å². The van der Waals surface area contributed by atoms with Crippen molar-refractivity contribution in [2.45, 2.75) is 26.4 Å². The minimum atomic E-state index is -0.420. The number of nitrogens with two attached hydrogens (primary N) is 1. The summed E-state index contributed by atoms with van der Waals surface area (Å²) in [4.78, 5) is 20.7. The average Bonchev–Trinajstić information content (AvgIpc) is 2.81. The lowest BCUT2D eigenvalue weighted by atomic mass is 10.2. The van der Waals surface area contributed by atoms with Crippen LogP contribution in [0.1, 0.15) is 31.3 Å². The number of benzene rings is 1. The molecule has 2 aromatic rings. The van der Waals surface area contributed by atoms with Crippen molar-refractivity contribution < 1.29 is 18.7 Å². The molecule has 0 unspecified atom stereocenters. The molecule has 2 rings (SSSR count). The van der Waals surface area contributed by atoms with Crippen LogP contribution in [0.5, 0.6) is 0 Å². The van der Waals surface area contributed by atoms with Crippen LogP contribution in [0, 0.1) is 0 Å². The molecule has 0 aliphatic rings. The Balaban J connectivity index is 0.000000246. The van der Waals surface area contributed by atoms with E-state index in [2.05, 4.69) is 4.74 Å².